The lowest BCUT2D eigenvalue weighted by atomic mass is 10.5. The Morgan fingerprint density at radius 1 is 1.53 bits per heavy atom. The zero-order valence-corrected chi connectivity index (χ0v) is 9.43. The van der Waals surface area contributed by atoms with E-state index >= 15 is 0 Å². The average molecular weight is 239 g/mol. The van der Waals surface area contributed by atoms with Crippen molar-refractivity contribution in [1.29, 1.82) is 0 Å². The molecule has 0 saturated carbocycles. The number of imidazole rings is 1. The molecule has 15 heavy (non-hydrogen) atoms. The monoisotopic (exact) mass is 238 g/mol. The minimum atomic E-state index is 0.608. The summed E-state index contributed by atoms with van der Waals surface area (Å²) in [5.41, 5.74) is 1.69. The summed E-state index contributed by atoms with van der Waals surface area (Å²) in [5, 5.41) is 5.62. The molecule has 0 atom stereocenters. The van der Waals surface area contributed by atoms with Gasteiger partial charge in [-0.3, -0.25) is 4.40 Å². The van der Waals surface area contributed by atoms with Crippen LogP contribution in [0.3, 0.4) is 0 Å². The van der Waals surface area contributed by atoms with Crippen LogP contribution in [0.15, 0.2) is 17.6 Å². The maximum Gasteiger partial charge on any atom is 0.182 e. The summed E-state index contributed by atoms with van der Waals surface area (Å²) in [7, 11) is 1.82. The van der Waals surface area contributed by atoms with Crippen LogP contribution in [-0.2, 0) is 0 Å². The van der Waals surface area contributed by atoms with E-state index in [1.54, 1.807) is 17.5 Å². The van der Waals surface area contributed by atoms with Gasteiger partial charge in [-0.1, -0.05) is 11.6 Å². The second-order valence-electron chi connectivity index (χ2n) is 3.06. The van der Waals surface area contributed by atoms with Gasteiger partial charge in [0.2, 0.25) is 0 Å². The van der Waals surface area contributed by atoms with Crippen LogP contribution in [0.5, 0.6) is 0 Å². The second-order valence-corrected chi connectivity index (χ2v) is 4.34. The maximum atomic E-state index is 6.09. The third kappa shape index (κ3) is 1.13. The molecule has 3 heterocycles. The number of rotatable bonds is 1. The molecule has 0 bridgehead atoms. The smallest absolute Gasteiger partial charge is 0.182 e. The standard InChI is InChI=1S/C9H7ClN4S/c1-11-7-8-12-4-6(10)14(8)9-5(13-7)2-3-15-9/h2-4H,1H3,(H,11,13). The number of anilines is 1. The molecule has 76 valence electrons. The van der Waals surface area contributed by atoms with Gasteiger partial charge in [0, 0.05) is 7.05 Å². The summed E-state index contributed by atoms with van der Waals surface area (Å²) in [5.74, 6) is 0.743. The largest absolute Gasteiger partial charge is 0.370 e. The molecule has 3 rings (SSSR count). The predicted molar refractivity (Wildman–Crippen MR) is 62.9 cm³/mol. The Bertz CT molecular complexity index is 642. The first-order chi connectivity index (χ1) is 7.31. The first kappa shape index (κ1) is 8.94. The van der Waals surface area contributed by atoms with Crippen molar-refractivity contribution in [2.45, 2.75) is 0 Å². The highest BCUT2D eigenvalue weighted by Gasteiger charge is 2.11. The number of hydrogen-bond acceptors (Lipinski definition) is 4. The normalized spacial score (nSPS) is 11.3. The van der Waals surface area contributed by atoms with Crippen molar-refractivity contribution in [3.8, 4) is 0 Å². The van der Waals surface area contributed by atoms with Crippen LogP contribution in [0.4, 0.5) is 5.82 Å². The number of thiophene rings is 1. The van der Waals surface area contributed by atoms with Crippen LogP contribution >= 0.6 is 22.9 Å². The predicted octanol–water partition coefficient (Wildman–Crippen LogP) is 2.64. The van der Waals surface area contributed by atoms with E-state index in [0.717, 1.165) is 21.8 Å². The summed E-state index contributed by atoms with van der Waals surface area (Å²) in [6.45, 7) is 0. The van der Waals surface area contributed by atoms with E-state index in [0.29, 0.717) is 5.15 Å². The van der Waals surface area contributed by atoms with Gasteiger partial charge in [-0.05, 0) is 11.4 Å². The third-order valence-corrected chi connectivity index (χ3v) is 3.38. The van der Waals surface area contributed by atoms with Gasteiger partial charge in [0.15, 0.2) is 11.5 Å². The highest BCUT2D eigenvalue weighted by Crippen LogP contribution is 2.27. The fourth-order valence-corrected chi connectivity index (χ4v) is 2.69. The molecular weight excluding hydrogens is 232 g/mol. The summed E-state index contributed by atoms with van der Waals surface area (Å²) in [4.78, 5) is 9.70. The summed E-state index contributed by atoms with van der Waals surface area (Å²) in [6, 6.07) is 1.97. The van der Waals surface area contributed by atoms with Gasteiger partial charge < -0.3 is 5.32 Å². The number of nitrogens with zero attached hydrogens (tertiary/aromatic N) is 3. The molecule has 0 aliphatic carbocycles. The van der Waals surface area contributed by atoms with Gasteiger partial charge in [0.25, 0.3) is 0 Å². The molecule has 0 unspecified atom stereocenters. The molecule has 0 fully saturated rings. The fraction of sp³-hybridized carbons (Fsp3) is 0.111. The Labute approximate surface area is 94.5 Å². The molecule has 1 N–H and O–H groups in total. The number of nitrogens with one attached hydrogen (secondary N) is 1. The van der Waals surface area contributed by atoms with E-state index in [1.165, 1.54) is 0 Å². The Morgan fingerprint density at radius 2 is 2.40 bits per heavy atom. The lowest BCUT2D eigenvalue weighted by Crippen LogP contribution is -1.97. The third-order valence-electron chi connectivity index (χ3n) is 2.23. The highest BCUT2D eigenvalue weighted by atomic mass is 35.5. The van der Waals surface area contributed by atoms with E-state index < -0.39 is 0 Å². The fourth-order valence-electron chi connectivity index (χ4n) is 1.58. The van der Waals surface area contributed by atoms with Crippen LogP contribution in [0.25, 0.3) is 16.0 Å². The van der Waals surface area contributed by atoms with Crippen LogP contribution in [0.1, 0.15) is 0 Å². The molecule has 0 amide bonds. The van der Waals surface area contributed by atoms with E-state index in [2.05, 4.69) is 15.3 Å². The number of fused-ring (bicyclic) bond motifs is 3. The number of aromatic nitrogens is 3. The van der Waals surface area contributed by atoms with Gasteiger partial charge in [-0.2, -0.15) is 0 Å². The Kier molecular flexibility index (Phi) is 1.83. The number of halogens is 1. The highest BCUT2D eigenvalue weighted by molar-refractivity contribution is 7.16. The van der Waals surface area contributed by atoms with Crippen molar-refractivity contribution in [3.05, 3.63) is 22.8 Å². The van der Waals surface area contributed by atoms with Gasteiger partial charge in [-0.25, -0.2) is 9.97 Å². The van der Waals surface area contributed by atoms with Crippen LogP contribution in [0.2, 0.25) is 5.15 Å². The molecule has 3 aromatic rings. The molecule has 0 aromatic carbocycles. The Hall–Kier alpha value is -1.33. The second kappa shape index (κ2) is 3.08. The maximum absolute atomic E-state index is 6.09. The molecule has 0 spiro atoms. The van der Waals surface area contributed by atoms with Gasteiger partial charge in [0.1, 0.15) is 15.5 Å². The Balaban J connectivity index is 2.61. The van der Waals surface area contributed by atoms with Gasteiger partial charge in [-0.15, -0.1) is 11.3 Å². The minimum Gasteiger partial charge on any atom is -0.370 e. The summed E-state index contributed by atoms with van der Waals surface area (Å²) >= 11 is 7.69. The van der Waals surface area contributed by atoms with Crippen molar-refractivity contribution < 1.29 is 0 Å². The topological polar surface area (TPSA) is 42.2 Å². The van der Waals surface area contributed by atoms with Gasteiger partial charge in [0.05, 0.1) is 6.20 Å². The SMILES string of the molecule is CNc1nc2ccsc2n2c(Cl)cnc12. The first-order valence-electron chi connectivity index (χ1n) is 4.39. The summed E-state index contributed by atoms with van der Waals surface area (Å²) in [6.07, 6.45) is 1.64. The molecule has 6 heteroatoms. The van der Waals surface area contributed by atoms with E-state index in [4.69, 9.17) is 11.6 Å². The lowest BCUT2D eigenvalue weighted by molar-refractivity contribution is 1.22. The molecule has 0 aliphatic rings. The molecule has 3 aromatic heterocycles. The molecule has 4 nitrogen and oxygen atoms in total. The molecule has 0 saturated heterocycles. The van der Waals surface area contributed by atoms with Crippen molar-refractivity contribution in [1.82, 2.24) is 14.4 Å². The molecular formula is C9H7ClN4S. The zero-order chi connectivity index (χ0) is 10.4. The van der Waals surface area contributed by atoms with Gasteiger partial charge >= 0.3 is 0 Å². The van der Waals surface area contributed by atoms with Crippen molar-refractivity contribution >= 4 is 44.7 Å². The average Bonchev–Trinajstić information content (AvgIpc) is 2.83. The van der Waals surface area contributed by atoms with Crippen LogP contribution < -0.4 is 5.32 Å². The molecule has 0 aliphatic heterocycles. The zero-order valence-electron chi connectivity index (χ0n) is 7.86. The van der Waals surface area contributed by atoms with Crippen molar-refractivity contribution in [2.24, 2.45) is 0 Å². The van der Waals surface area contributed by atoms with E-state index in [1.807, 2.05) is 22.9 Å². The molecule has 0 radical (unpaired) electrons. The lowest BCUT2D eigenvalue weighted by Gasteiger charge is -2.03. The number of hydrogen-bond donors (Lipinski definition) is 1. The van der Waals surface area contributed by atoms with Crippen LogP contribution in [-0.4, -0.2) is 21.4 Å². The Morgan fingerprint density at radius 3 is 3.20 bits per heavy atom. The van der Waals surface area contributed by atoms with E-state index in [-0.39, 0.29) is 0 Å². The van der Waals surface area contributed by atoms with Crippen LogP contribution in [0, 0.1) is 0 Å². The quantitative estimate of drug-likeness (QED) is 0.709. The summed E-state index contributed by atoms with van der Waals surface area (Å²) < 4.78 is 1.90. The van der Waals surface area contributed by atoms with Crippen molar-refractivity contribution in [2.75, 3.05) is 12.4 Å². The van der Waals surface area contributed by atoms with E-state index in [9.17, 15) is 0 Å². The first-order valence-corrected chi connectivity index (χ1v) is 5.65. The minimum absolute atomic E-state index is 0.608. The van der Waals surface area contributed by atoms with Crippen molar-refractivity contribution in [3.63, 3.8) is 0 Å².